The minimum Gasteiger partial charge on any atom is -0.361 e. The van der Waals surface area contributed by atoms with Gasteiger partial charge in [-0.15, -0.1) is 0 Å². The first kappa shape index (κ1) is 18.3. The first-order valence-corrected chi connectivity index (χ1v) is 8.49. The minimum absolute atomic E-state index is 0.125. The molecule has 3 rings (SSSR count). The zero-order chi connectivity index (χ0) is 19.2. The Balaban J connectivity index is 1.69. The van der Waals surface area contributed by atoms with Crippen molar-refractivity contribution in [2.75, 3.05) is 6.54 Å². The Morgan fingerprint density at radius 3 is 2.58 bits per heavy atom. The maximum Gasteiger partial charge on any atom is 0.309 e. The molecule has 2 fully saturated rings. The predicted molar refractivity (Wildman–Crippen MR) is 88.7 cm³/mol. The van der Waals surface area contributed by atoms with Gasteiger partial charge in [-0.05, 0) is 44.2 Å². The van der Waals surface area contributed by atoms with Crippen molar-refractivity contribution in [1.29, 1.82) is 0 Å². The van der Waals surface area contributed by atoms with E-state index in [9.17, 15) is 23.2 Å². The molecule has 1 heterocycles. The Kier molecular flexibility index (Phi) is 4.46. The molecule has 1 saturated heterocycles. The number of rotatable bonds is 3. The second kappa shape index (κ2) is 6.34. The Bertz CT molecular complexity index is 781. The summed E-state index contributed by atoms with van der Waals surface area (Å²) in [4.78, 5) is 37.0. The van der Waals surface area contributed by atoms with E-state index in [0.717, 1.165) is 6.07 Å². The summed E-state index contributed by atoms with van der Waals surface area (Å²) in [6.45, 7) is 4.03. The van der Waals surface area contributed by atoms with Crippen LogP contribution in [0.15, 0.2) is 18.2 Å². The summed E-state index contributed by atoms with van der Waals surface area (Å²) in [6.07, 6.45) is 1.01. The summed E-state index contributed by atoms with van der Waals surface area (Å²) in [6, 6.07) is 3.00. The molecule has 6 nitrogen and oxygen atoms in total. The van der Waals surface area contributed by atoms with Crippen LogP contribution in [0.1, 0.15) is 38.2 Å². The molecule has 3 N–H and O–H groups in total. The van der Waals surface area contributed by atoms with Crippen LogP contribution < -0.4 is 11.1 Å². The smallest absolute Gasteiger partial charge is 0.309 e. The lowest BCUT2D eigenvalue weighted by Crippen LogP contribution is -2.56. The molecule has 1 aliphatic heterocycles. The van der Waals surface area contributed by atoms with E-state index in [2.05, 4.69) is 5.32 Å². The van der Waals surface area contributed by atoms with E-state index in [-0.39, 0.29) is 17.7 Å². The topological polar surface area (TPSA) is 92.5 Å². The van der Waals surface area contributed by atoms with E-state index < -0.39 is 35.0 Å². The number of carbonyl (C=O) groups excluding carboxylic acids is 3. The van der Waals surface area contributed by atoms with Crippen LogP contribution in [-0.4, -0.2) is 40.7 Å². The summed E-state index contributed by atoms with van der Waals surface area (Å²) in [5.41, 5.74) is 4.62. The number of hydrogen-bond donors (Lipinski definition) is 2. The molecule has 0 bridgehead atoms. The number of nitrogens with zero attached hydrogens (tertiary/aromatic N) is 1. The van der Waals surface area contributed by atoms with Crippen LogP contribution in [0.3, 0.4) is 0 Å². The predicted octanol–water partition coefficient (Wildman–Crippen LogP) is 1.05. The van der Waals surface area contributed by atoms with Gasteiger partial charge < -0.3 is 16.0 Å². The van der Waals surface area contributed by atoms with Crippen LogP contribution in [0, 0.1) is 17.6 Å². The van der Waals surface area contributed by atoms with Crippen LogP contribution in [0.2, 0.25) is 0 Å². The summed E-state index contributed by atoms with van der Waals surface area (Å²) < 4.78 is 27.0. The highest BCUT2D eigenvalue weighted by molar-refractivity contribution is 6.34. The van der Waals surface area contributed by atoms with Crippen LogP contribution >= 0.6 is 0 Å². The van der Waals surface area contributed by atoms with Gasteiger partial charge in [0.25, 0.3) is 0 Å². The van der Waals surface area contributed by atoms with E-state index in [1.165, 1.54) is 12.1 Å². The Labute approximate surface area is 149 Å². The van der Waals surface area contributed by atoms with Gasteiger partial charge in [-0.25, -0.2) is 8.78 Å². The zero-order valence-electron chi connectivity index (χ0n) is 14.6. The number of nitrogens with two attached hydrogens (primary N) is 1. The molecule has 140 valence electrons. The lowest BCUT2D eigenvalue weighted by Gasteiger charge is -2.36. The Hall–Kier alpha value is -2.51. The van der Waals surface area contributed by atoms with Crippen molar-refractivity contribution < 1.29 is 23.2 Å². The molecule has 3 amide bonds. The van der Waals surface area contributed by atoms with Crippen molar-refractivity contribution in [3.05, 3.63) is 35.4 Å². The first-order chi connectivity index (χ1) is 12.1. The molecule has 0 spiro atoms. The molecule has 1 aliphatic carbocycles. The highest BCUT2D eigenvalue weighted by Crippen LogP contribution is 2.50. The molecular weight excluding hydrogens is 344 g/mol. The molecule has 0 aromatic heterocycles. The SMILES string of the molecule is CC1(C)C(NC(=O)C(N)=O)CCN1C(=O)[C@@H]1C[C@H]1c1ccc(F)cc1F. The maximum absolute atomic E-state index is 13.9. The Morgan fingerprint density at radius 2 is 1.96 bits per heavy atom. The van der Waals surface area contributed by atoms with Gasteiger partial charge in [-0.3, -0.25) is 14.4 Å². The lowest BCUT2D eigenvalue weighted by molar-refractivity contribution is -0.139. The van der Waals surface area contributed by atoms with E-state index >= 15 is 0 Å². The summed E-state index contributed by atoms with van der Waals surface area (Å²) in [5, 5.41) is 2.56. The number of amides is 3. The van der Waals surface area contributed by atoms with Crippen molar-refractivity contribution in [3.8, 4) is 0 Å². The number of nitrogens with one attached hydrogen (secondary N) is 1. The fourth-order valence-corrected chi connectivity index (χ4v) is 3.77. The number of likely N-dealkylation sites (tertiary alicyclic amines) is 1. The fraction of sp³-hybridized carbons (Fsp3) is 0.500. The van der Waals surface area contributed by atoms with Gasteiger partial charge in [0.05, 0.1) is 11.6 Å². The number of primary amides is 1. The third-order valence-electron chi connectivity index (χ3n) is 5.45. The number of carbonyl (C=O) groups is 3. The van der Waals surface area contributed by atoms with Gasteiger partial charge >= 0.3 is 11.8 Å². The summed E-state index contributed by atoms with van der Waals surface area (Å²) in [7, 11) is 0. The molecule has 26 heavy (non-hydrogen) atoms. The molecule has 2 aliphatic rings. The molecular formula is C18H21F2N3O3. The molecule has 8 heteroatoms. The Morgan fingerprint density at radius 1 is 1.27 bits per heavy atom. The molecule has 3 atom stereocenters. The quantitative estimate of drug-likeness (QED) is 0.784. The first-order valence-electron chi connectivity index (χ1n) is 8.49. The van der Waals surface area contributed by atoms with Gasteiger partial charge in [0.1, 0.15) is 11.6 Å². The lowest BCUT2D eigenvalue weighted by atomic mass is 9.95. The monoisotopic (exact) mass is 365 g/mol. The van der Waals surface area contributed by atoms with Crippen molar-refractivity contribution in [2.45, 2.75) is 44.2 Å². The van der Waals surface area contributed by atoms with Crippen molar-refractivity contribution in [3.63, 3.8) is 0 Å². The highest BCUT2D eigenvalue weighted by Gasteiger charge is 2.52. The number of benzene rings is 1. The largest absolute Gasteiger partial charge is 0.361 e. The van der Waals surface area contributed by atoms with E-state index in [1.807, 2.05) is 0 Å². The van der Waals surface area contributed by atoms with Crippen LogP contribution in [-0.2, 0) is 14.4 Å². The van der Waals surface area contributed by atoms with Crippen LogP contribution in [0.25, 0.3) is 0 Å². The van der Waals surface area contributed by atoms with Crippen molar-refractivity contribution >= 4 is 17.7 Å². The van der Waals surface area contributed by atoms with Crippen molar-refractivity contribution in [2.24, 2.45) is 11.7 Å². The molecule has 0 radical (unpaired) electrons. The third kappa shape index (κ3) is 3.15. The van der Waals surface area contributed by atoms with Crippen LogP contribution in [0.4, 0.5) is 8.78 Å². The summed E-state index contributed by atoms with van der Waals surface area (Å²) in [5.74, 6) is -3.99. The fourth-order valence-electron chi connectivity index (χ4n) is 3.77. The second-order valence-electron chi connectivity index (χ2n) is 7.44. The van der Waals surface area contributed by atoms with E-state index in [0.29, 0.717) is 24.9 Å². The second-order valence-corrected chi connectivity index (χ2v) is 7.44. The van der Waals surface area contributed by atoms with Gasteiger partial charge in [0.2, 0.25) is 5.91 Å². The average molecular weight is 365 g/mol. The zero-order valence-corrected chi connectivity index (χ0v) is 14.6. The number of hydrogen-bond acceptors (Lipinski definition) is 3. The normalized spacial score (nSPS) is 26.5. The summed E-state index contributed by atoms with van der Waals surface area (Å²) >= 11 is 0. The maximum atomic E-state index is 13.9. The van der Waals surface area contributed by atoms with Gasteiger partial charge in [0, 0.05) is 18.5 Å². The van der Waals surface area contributed by atoms with Crippen LogP contribution in [0.5, 0.6) is 0 Å². The van der Waals surface area contributed by atoms with Gasteiger partial charge in [-0.2, -0.15) is 0 Å². The van der Waals surface area contributed by atoms with E-state index in [4.69, 9.17) is 5.73 Å². The third-order valence-corrected chi connectivity index (χ3v) is 5.45. The highest BCUT2D eigenvalue weighted by atomic mass is 19.1. The van der Waals surface area contributed by atoms with Gasteiger partial charge in [0.15, 0.2) is 0 Å². The average Bonchev–Trinajstić information content (AvgIpc) is 3.27. The van der Waals surface area contributed by atoms with Crippen molar-refractivity contribution in [1.82, 2.24) is 10.2 Å². The molecule has 1 unspecified atom stereocenters. The molecule has 1 aromatic carbocycles. The number of halogens is 2. The molecule has 1 aromatic rings. The van der Waals surface area contributed by atoms with Gasteiger partial charge in [-0.1, -0.05) is 6.07 Å². The standard InChI is InChI=1S/C18H21F2N3O3/c1-18(2)14(22-16(25)15(21)24)5-6-23(18)17(26)12-8-11(12)10-4-3-9(19)7-13(10)20/h3-4,7,11-12,14H,5-6,8H2,1-2H3,(H2,21,24)(H,22,25)/t11-,12+,14?/m0/s1. The molecule has 1 saturated carbocycles. The minimum atomic E-state index is -1.07. The van der Waals surface area contributed by atoms with E-state index in [1.54, 1.807) is 18.7 Å².